The Hall–Kier alpha value is -3.65. The van der Waals surface area contributed by atoms with Crippen molar-refractivity contribution in [1.29, 1.82) is 0 Å². The number of carbonyl (C=O) groups excluding carboxylic acids is 1. The van der Waals surface area contributed by atoms with Crippen molar-refractivity contribution in [3.05, 3.63) is 107 Å². The molecule has 3 aromatic carbocycles. The Morgan fingerprint density at radius 2 is 1.68 bits per heavy atom. The normalized spacial score (nSPS) is 11.3. The second-order valence-corrected chi connectivity index (χ2v) is 8.55. The maximum absolute atomic E-state index is 12.9. The van der Waals surface area contributed by atoms with Crippen LogP contribution in [-0.4, -0.2) is 22.8 Å². The molecule has 0 saturated carbocycles. The van der Waals surface area contributed by atoms with Crippen molar-refractivity contribution in [3.63, 3.8) is 0 Å². The maximum atomic E-state index is 12.9. The van der Waals surface area contributed by atoms with E-state index in [1.54, 1.807) is 35.5 Å². The van der Waals surface area contributed by atoms with Gasteiger partial charge < -0.3 is 9.64 Å². The highest BCUT2D eigenvalue weighted by molar-refractivity contribution is 7.13. The molecule has 0 aliphatic rings. The zero-order valence-corrected chi connectivity index (χ0v) is 19.1. The monoisotopic (exact) mass is 482 g/mol. The summed E-state index contributed by atoms with van der Waals surface area (Å²) in [6.07, 6.45) is -4.39. The Morgan fingerprint density at radius 1 is 0.971 bits per heavy atom. The second-order valence-electron chi connectivity index (χ2n) is 7.70. The minimum absolute atomic E-state index is 0.0208. The van der Waals surface area contributed by atoms with Gasteiger partial charge in [0.05, 0.1) is 5.56 Å². The summed E-state index contributed by atoms with van der Waals surface area (Å²) >= 11 is 1.37. The van der Waals surface area contributed by atoms with E-state index in [9.17, 15) is 18.0 Å². The quantitative estimate of drug-likeness (QED) is 0.295. The van der Waals surface area contributed by atoms with Crippen molar-refractivity contribution >= 4 is 17.2 Å². The molecule has 0 bridgehead atoms. The minimum atomic E-state index is -4.39. The molecule has 0 atom stereocenters. The van der Waals surface area contributed by atoms with Gasteiger partial charge in [-0.1, -0.05) is 42.5 Å². The van der Waals surface area contributed by atoms with Crippen LogP contribution >= 0.6 is 11.3 Å². The number of amides is 1. The molecular weight excluding hydrogens is 461 g/mol. The van der Waals surface area contributed by atoms with Crippen LogP contribution in [0.3, 0.4) is 0 Å². The summed E-state index contributed by atoms with van der Waals surface area (Å²) in [5, 5.41) is 2.43. The molecule has 0 aliphatic heterocycles. The number of aromatic nitrogens is 1. The first-order chi connectivity index (χ1) is 16.3. The number of carbonyl (C=O) groups is 1. The van der Waals surface area contributed by atoms with Gasteiger partial charge in [-0.3, -0.25) is 4.79 Å². The van der Waals surface area contributed by atoms with Crippen LogP contribution in [0.15, 0.2) is 84.2 Å². The molecule has 0 N–H and O–H groups in total. The van der Waals surface area contributed by atoms with E-state index in [0.29, 0.717) is 28.6 Å². The van der Waals surface area contributed by atoms with Gasteiger partial charge in [-0.15, -0.1) is 11.3 Å². The standard InChI is InChI=1S/C26H21F3N2O2S/c1-31(15-18-6-3-2-4-7-18)25(32)23-17-34-24(30-23)20-10-12-22(13-11-20)33-16-19-8-5-9-21(14-19)26(27,28)29/h2-14,17H,15-16H2,1H3. The minimum Gasteiger partial charge on any atom is -0.489 e. The molecule has 0 radical (unpaired) electrons. The van der Waals surface area contributed by atoms with E-state index in [4.69, 9.17) is 4.74 Å². The predicted molar refractivity (Wildman–Crippen MR) is 126 cm³/mol. The van der Waals surface area contributed by atoms with Crippen molar-refractivity contribution in [3.8, 4) is 16.3 Å². The Kier molecular flexibility index (Phi) is 6.98. The average Bonchev–Trinajstić information content (AvgIpc) is 3.33. The van der Waals surface area contributed by atoms with Crippen LogP contribution in [0.1, 0.15) is 27.2 Å². The van der Waals surface area contributed by atoms with E-state index in [0.717, 1.165) is 23.3 Å². The van der Waals surface area contributed by atoms with E-state index in [1.807, 2.05) is 42.5 Å². The smallest absolute Gasteiger partial charge is 0.416 e. The fraction of sp³-hybridized carbons (Fsp3) is 0.154. The lowest BCUT2D eigenvalue weighted by molar-refractivity contribution is -0.137. The van der Waals surface area contributed by atoms with Crippen LogP contribution in [0, 0.1) is 0 Å². The van der Waals surface area contributed by atoms with Crippen LogP contribution in [0.5, 0.6) is 5.75 Å². The van der Waals surface area contributed by atoms with E-state index in [-0.39, 0.29) is 12.5 Å². The van der Waals surface area contributed by atoms with Crippen LogP contribution < -0.4 is 4.74 Å². The fourth-order valence-corrected chi connectivity index (χ4v) is 4.13. The van der Waals surface area contributed by atoms with E-state index in [1.165, 1.54) is 17.4 Å². The van der Waals surface area contributed by atoms with Crippen molar-refractivity contribution in [2.45, 2.75) is 19.3 Å². The lowest BCUT2D eigenvalue weighted by Gasteiger charge is -2.15. The van der Waals surface area contributed by atoms with Crippen molar-refractivity contribution < 1.29 is 22.7 Å². The molecule has 1 aromatic heterocycles. The third-order valence-electron chi connectivity index (χ3n) is 5.09. The Labute approximate surface area is 199 Å². The molecule has 174 valence electrons. The van der Waals surface area contributed by atoms with Gasteiger partial charge in [0.15, 0.2) is 0 Å². The average molecular weight is 483 g/mol. The highest BCUT2D eigenvalue weighted by Crippen LogP contribution is 2.30. The van der Waals surface area contributed by atoms with Gasteiger partial charge in [0, 0.05) is 24.5 Å². The van der Waals surface area contributed by atoms with Gasteiger partial charge in [0.25, 0.3) is 5.91 Å². The molecule has 4 nitrogen and oxygen atoms in total. The number of thiazole rings is 1. The summed E-state index contributed by atoms with van der Waals surface area (Å²) in [5.41, 5.74) is 1.97. The van der Waals surface area contributed by atoms with E-state index < -0.39 is 11.7 Å². The highest BCUT2D eigenvalue weighted by Gasteiger charge is 2.30. The highest BCUT2D eigenvalue weighted by atomic mass is 32.1. The molecule has 0 unspecified atom stereocenters. The van der Waals surface area contributed by atoms with E-state index in [2.05, 4.69) is 4.98 Å². The number of benzene rings is 3. The number of alkyl halides is 3. The summed E-state index contributed by atoms with van der Waals surface area (Å²) in [6.45, 7) is 0.511. The summed E-state index contributed by atoms with van der Waals surface area (Å²) < 4.78 is 44.2. The molecule has 1 amide bonds. The predicted octanol–water partition coefficient (Wildman–Crippen LogP) is 6.68. The molecule has 0 aliphatic carbocycles. The van der Waals surface area contributed by atoms with E-state index >= 15 is 0 Å². The topological polar surface area (TPSA) is 42.4 Å². The molecule has 8 heteroatoms. The Balaban J connectivity index is 1.37. The number of hydrogen-bond donors (Lipinski definition) is 0. The van der Waals surface area contributed by atoms with Gasteiger partial charge in [0.1, 0.15) is 23.1 Å². The van der Waals surface area contributed by atoms with Crippen LogP contribution in [0.2, 0.25) is 0 Å². The first kappa shape index (κ1) is 23.5. The molecule has 0 fully saturated rings. The Morgan fingerprint density at radius 3 is 2.38 bits per heavy atom. The number of ether oxygens (including phenoxy) is 1. The summed E-state index contributed by atoms with van der Waals surface area (Å²) in [6, 6.07) is 21.9. The molecule has 34 heavy (non-hydrogen) atoms. The maximum Gasteiger partial charge on any atom is 0.416 e. The van der Waals surface area contributed by atoms with Gasteiger partial charge in [-0.25, -0.2) is 4.98 Å². The zero-order valence-electron chi connectivity index (χ0n) is 18.3. The molecule has 0 saturated heterocycles. The number of halogens is 3. The third-order valence-corrected chi connectivity index (χ3v) is 5.99. The van der Waals surface area contributed by atoms with Gasteiger partial charge in [0.2, 0.25) is 0 Å². The summed E-state index contributed by atoms with van der Waals surface area (Å²) in [4.78, 5) is 18.8. The van der Waals surface area contributed by atoms with Crippen LogP contribution in [0.4, 0.5) is 13.2 Å². The third kappa shape index (κ3) is 5.82. The molecule has 0 spiro atoms. The van der Waals surface area contributed by atoms with Crippen molar-refractivity contribution in [1.82, 2.24) is 9.88 Å². The van der Waals surface area contributed by atoms with Crippen molar-refractivity contribution in [2.75, 3.05) is 7.05 Å². The van der Waals surface area contributed by atoms with Gasteiger partial charge >= 0.3 is 6.18 Å². The van der Waals surface area contributed by atoms with Crippen LogP contribution in [-0.2, 0) is 19.3 Å². The lowest BCUT2D eigenvalue weighted by Crippen LogP contribution is -2.26. The summed E-state index contributed by atoms with van der Waals surface area (Å²) in [5.74, 6) is 0.365. The van der Waals surface area contributed by atoms with Crippen molar-refractivity contribution in [2.24, 2.45) is 0 Å². The first-order valence-corrected chi connectivity index (χ1v) is 11.3. The Bertz CT molecular complexity index is 1260. The number of hydrogen-bond acceptors (Lipinski definition) is 4. The van der Waals surface area contributed by atoms with Gasteiger partial charge in [-0.05, 0) is 47.5 Å². The first-order valence-electron chi connectivity index (χ1n) is 10.4. The SMILES string of the molecule is CN(Cc1ccccc1)C(=O)c1csc(-c2ccc(OCc3cccc(C(F)(F)F)c3)cc2)n1. The number of rotatable bonds is 7. The van der Waals surface area contributed by atoms with Gasteiger partial charge in [-0.2, -0.15) is 13.2 Å². The largest absolute Gasteiger partial charge is 0.489 e. The molecule has 4 aromatic rings. The molecule has 1 heterocycles. The zero-order chi connectivity index (χ0) is 24.1. The second kappa shape index (κ2) is 10.1. The molecule has 4 rings (SSSR count). The number of nitrogens with zero attached hydrogens (tertiary/aromatic N) is 2. The summed E-state index contributed by atoms with van der Waals surface area (Å²) in [7, 11) is 1.74. The van der Waals surface area contributed by atoms with Crippen LogP contribution in [0.25, 0.3) is 10.6 Å². The lowest BCUT2D eigenvalue weighted by atomic mass is 10.1. The fourth-order valence-electron chi connectivity index (χ4n) is 3.33. The molecular formula is C26H21F3N2O2S.